The average Bonchev–Trinajstić information content (AvgIpc) is 2.06. The second-order valence-electron chi connectivity index (χ2n) is 1.86. The van der Waals surface area contributed by atoms with E-state index in [4.69, 9.17) is 21.7 Å². The summed E-state index contributed by atoms with van der Waals surface area (Å²) in [5, 5.41) is 6.27. The Bertz CT molecular complexity index is 117. The molecule has 0 saturated heterocycles. The number of hydrogen-bond acceptors (Lipinski definition) is 3. The van der Waals surface area contributed by atoms with Crippen molar-refractivity contribution in [2.75, 3.05) is 27.8 Å². The van der Waals surface area contributed by atoms with Gasteiger partial charge < -0.3 is 20.1 Å². The molecule has 0 aromatic rings. The Morgan fingerprint density at radius 2 is 2.00 bits per heavy atom. The van der Waals surface area contributed by atoms with Crippen LogP contribution in [0.5, 0.6) is 0 Å². The number of thiocarbonyl (C=S) groups is 1. The number of methoxy groups -OCH3 is 2. The van der Waals surface area contributed by atoms with Gasteiger partial charge in [-0.05, 0) is 12.2 Å². The molecule has 0 unspecified atom stereocenters. The lowest BCUT2D eigenvalue weighted by molar-refractivity contribution is -0.0965. The van der Waals surface area contributed by atoms with E-state index in [2.05, 4.69) is 10.6 Å². The molecule has 0 aromatic carbocycles. The van der Waals surface area contributed by atoms with Crippen LogP contribution in [0.2, 0.25) is 0 Å². The van der Waals surface area contributed by atoms with Crippen molar-refractivity contribution < 1.29 is 9.47 Å². The van der Waals surface area contributed by atoms with Crippen molar-refractivity contribution in [1.29, 1.82) is 0 Å². The number of rotatable bonds is 4. The Balaban J connectivity index is 3.42. The molecule has 4 nitrogen and oxygen atoms in total. The van der Waals surface area contributed by atoms with Crippen molar-refractivity contribution in [2.45, 2.75) is 6.29 Å². The molecule has 0 amide bonds. The van der Waals surface area contributed by atoms with Crippen molar-refractivity contribution >= 4 is 17.3 Å². The molecule has 0 aliphatic heterocycles. The molecule has 0 spiro atoms. The van der Waals surface area contributed by atoms with Crippen molar-refractivity contribution in [1.82, 2.24) is 10.6 Å². The van der Waals surface area contributed by atoms with Gasteiger partial charge in [0.15, 0.2) is 11.4 Å². The van der Waals surface area contributed by atoms with E-state index in [0.29, 0.717) is 11.7 Å². The summed E-state index contributed by atoms with van der Waals surface area (Å²) in [5.41, 5.74) is 0. The Morgan fingerprint density at radius 1 is 1.45 bits per heavy atom. The van der Waals surface area contributed by atoms with E-state index in [0.717, 1.165) is 0 Å². The second kappa shape index (κ2) is 6.33. The van der Waals surface area contributed by atoms with Crippen LogP contribution in [0, 0.1) is 0 Å². The fourth-order valence-electron chi connectivity index (χ4n) is 0.527. The van der Waals surface area contributed by atoms with Crippen molar-refractivity contribution in [3.63, 3.8) is 0 Å². The zero-order valence-electron chi connectivity index (χ0n) is 7.01. The van der Waals surface area contributed by atoms with Crippen LogP contribution in [0.3, 0.4) is 0 Å². The lowest BCUT2D eigenvalue weighted by atomic mass is 10.6. The summed E-state index contributed by atoms with van der Waals surface area (Å²) >= 11 is 4.84. The van der Waals surface area contributed by atoms with Gasteiger partial charge in [-0.3, -0.25) is 0 Å². The molecule has 5 heteroatoms. The third kappa shape index (κ3) is 4.94. The van der Waals surface area contributed by atoms with E-state index >= 15 is 0 Å². The molecule has 0 aliphatic rings. The SMILES string of the molecule is CNC(=S)NCC(OC)OC. The highest BCUT2D eigenvalue weighted by Gasteiger charge is 2.03. The molecule has 11 heavy (non-hydrogen) atoms. The van der Waals surface area contributed by atoms with Crippen LogP contribution in [0.15, 0.2) is 0 Å². The van der Waals surface area contributed by atoms with Gasteiger partial charge in [-0.15, -0.1) is 0 Å². The van der Waals surface area contributed by atoms with E-state index in [-0.39, 0.29) is 6.29 Å². The summed E-state index contributed by atoms with van der Waals surface area (Å²) in [6, 6.07) is 0. The molecule has 0 heterocycles. The molecule has 0 fully saturated rings. The molecule has 0 saturated carbocycles. The third-order valence-corrected chi connectivity index (χ3v) is 1.53. The lowest BCUT2D eigenvalue weighted by Crippen LogP contribution is -2.38. The summed E-state index contributed by atoms with van der Waals surface area (Å²) < 4.78 is 9.84. The van der Waals surface area contributed by atoms with Gasteiger partial charge in [0.1, 0.15) is 0 Å². The number of nitrogens with one attached hydrogen (secondary N) is 2. The van der Waals surface area contributed by atoms with Gasteiger partial charge in [-0.2, -0.15) is 0 Å². The Labute approximate surface area is 72.2 Å². The Hall–Kier alpha value is -0.390. The van der Waals surface area contributed by atoms with E-state index < -0.39 is 0 Å². The molecule has 0 rings (SSSR count). The number of ether oxygens (including phenoxy) is 2. The van der Waals surface area contributed by atoms with Crippen LogP contribution >= 0.6 is 12.2 Å². The predicted molar refractivity (Wildman–Crippen MR) is 47.5 cm³/mol. The molecule has 0 aliphatic carbocycles. The highest BCUT2D eigenvalue weighted by molar-refractivity contribution is 7.80. The van der Waals surface area contributed by atoms with Gasteiger partial charge in [-0.1, -0.05) is 0 Å². The average molecular weight is 178 g/mol. The van der Waals surface area contributed by atoms with Crippen LogP contribution in [0.1, 0.15) is 0 Å². The zero-order valence-corrected chi connectivity index (χ0v) is 7.83. The van der Waals surface area contributed by atoms with E-state index in [9.17, 15) is 0 Å². The topological polar surface area (TPSA) is 42.5 Å². The molecular weight excluding hydrogens is 164 g/mol. The highest BCUT2D eigenvalue weighted by atomic mass is 32.1. The summed E-state index contributed by atoms with van der Waals surface area (Å²) in [4.78, 5) is 0. The van der Waals surface area contributed by atoms with Crippen LogP contribution in [-0.2, 0) is 9.47 Å². The quantitative estimate of drug-likeness (QED) is 0.457. The largest absolute Gasteiger partial charge is 0.366 e. The van der Waals surface area contributed by atoms with Crippen LogP contribution in [0.4, 0.5) is 0 Å². The van der Waals surface area contributed by atoms with Gasteiger partial charge in [0, 0.05) is 21.3 Å². The maximum atomic E-state index is 4.92. The van der Waals surface area contributed by atoms with Crippen molar-refractivity contribution in [3.05, 3.63) is 0 Å². The summed E-state index contributed by atoms with van der Waals surface area (Å²) in [6.07, 6.45) is -0.249. The summed E-state index contributed by atoms with van der Waals surface area (Å²) in [7, 11) is 4.92. The van der Waals surface area contributed by atoms with Crippen LogP contribution in [-0.4, -0.2) is 39.2 Å². The molecule has 0 bridgehead atoms. The van der Waals surface area contributed by atoms with E-state index in [1.54, 1.807) is 21.3 Å². The fraction of sp³-hybridized carbons (Fsp3) is 0.833. The van der Waals surface area contributed by atoms with Gasteiger partial charge in [0.2, 0.25) is 0 Å². The van der Waals surface area contributed by atoms with Gasteiger partial charge in [0.25, 0.3) is 0 Å². The summed E-state index contributed by atoms with van der Waals surface area (Å²) in [6.45, 7) is 0.548. The monoisotopic (exact) mass is 178 g/mol. The zero-order chi connectivity index (χ0) is 8.69. The molecule has 66 valence electrons. The maximum Gasteiger partial charge on any atom is 0.174 e. The number of hydrogen-bond donors (Lipinski definition) is 2. The Kier molecular flexibility index (Phi) is 6.10. The first-order valence-corrected chi connectivity index (χ1v) is 3.66. The minimum atomic E-state index is -0.249. The smallest absolute Gasteiger partial charge is 0.174 e. The molecule has 0 atom stereocenters. The second-order valence-corrected chi connectivity index (χ2v) is 2.27. The van der Waals surface area contributed by atoms with Gasteiger partial charge in [0.05, 0.1) is 6.54 Å². The van der Waals surface area contributed by atoms with Crippen molar-refractivity contribution in [3.8, 4) is 0 Å². The molecular formula is C6H14N2O2S. The van der Waals surface area contributed by atoms with Crippen molar-refractivity contribution in [2.24, 2.45) is 0 Å². The summed E-state index contributed by atoms with van der Waals surface area (Å²) in [5.74, 6) is 0. The predicted octanol–water partition coefficient (Wildman–Crippen LogP) is -0.301. The first-order chi connectivity index (χ1) is 5.24. The molecule has 0 aromatic heterocycles. The first kappa shape index (κ1) is 10.6. The van der Waals surface area contributed by atoms with Crippen LogP contribution in [0.25, 0.3) is 0 Å². The highest BCUT2D eigenvalue weighted by Crippen LogP contribution is 1.86. The standard InChI is InChI=1S/C6H14N2O2S/c1-7-6(11)8-4-5(9-2)10-3/h5H,4H2,1-3H3,(H2,7,8,11). The van der Waals surface area contributed by atoms with E-state index in [1.807, 2.05) is 0 Å². The molecule has 2 N–H and O–H groups in total. The maximum absolute atomic E-state index is 4.92. The third-order valence-electron chi connectivity index (χ3n) is 1.18. The fourth-order valence-corrected chi connectivity index (χ4v) is 0.611. The van der Waals surface area contributed by atoms with E-state index in [1.165, 1.54) is 0 Å². The van der Waals surface area contributed by atoms with Crippen LogP contribution < -0.4 is 10.6 Å². The minimum absolute atomic E-state index is 0.249. The lowest BCUT2D eigenvalue weighted by Gasteiger charge is -2.14. The first-order valence-electron chi connectivity index (χ1n) is 3.25. The van der Waals surface area contributed by atoms with Gasteiger partial charge >= 0.3 is 0 Å². The normalized spacial score (nSPS) is 9.82. The van der Waals surface area contributed by atoms with Gasteiger partial charge in [-0.25, -0.2) is 0 Å². The molecule has 0 radical (unpaired) electrons. The Morgan fingerprint density at radius 3 is 2.36 bits per heavy atom. The minimum Gasteiger partial charge on any atom is -0.366 e.